The third kappa shape index (κ3) is 2.23. The summed E-state index contributed by atoms with van der Waals surface area (Å²) in [6, 6.07) is 0. The molecule has 0 saturated carbocycles. The van der Waals surface area contributed by atoms with Crippen LogP contribution in [0.3, 0.4) is 0 Å². The molecular formula is C5H7N3O2S. The Morgan fingerprint density at radius 2 is 2.55 bits per heavy atom. The van der Waals surface area contributed by atoms with Gasteiger partial charge in [0.2, 0.25) is 5.16 Å². The minimum Gasteiger partial charge on any atom is -0.481 e. The zero-order valence-electron chi connectivity index (χ0n) is 5.87. The second-order valence-electron chi connectivity index (χ2n) is 1.84. The van der Waals surface area contributed by atoms with Gasteiger partial charge in [0.05, 0.1) is 0 Å². The predicted molar refractivity (Wildman–Crippen MR) is 39.5 cm³/mol. The van der Waals surface area contributed by atoms with E-state index in [1.807, 2.05) is 6.26 Å². The summed E-state index contributed by atoms with van der Waals surface area (Å²) in [6.45, 7) is 0. The van der Waals surface area contributed by atoms with Crippen molar-refractivity contribution in [2.24, 2.45) is 0 Å². The number of aromatic amines is 1. The van der Waals surface area contributed by atoms with Gasteiger partial charge in [-0.2, -0.15) is 0 Å². The van der Waals surface area contributed by atoms with E-state index >= 15 is 0 Å². The molecule has 1 aromatic heterocycles. The summed E-state index contributed by atoms with van der Waals surface area (Å²) in [5.41, 5.74) is 0. The third-order valence-corrected chi connectivity index (χ3v) is 1.56. The third-order valence-electron chi connectivity index (χ3n) is 1.01. The Balaban J connectivity index is 2.65. The van der Waals surface area contributed by atoms with E-state index in [1.165, 1.54) is 11.8 Å². The van der Waals surface area contributed by atoms with Crippen molar-refractivity contribution in [3.8, 4) is 0 Å². The van der Waals surface area contributed by atoms with Crippen LogP contribution >= 0.6 is 11.8 Å². The number of carboxylic acid groups (broad SMARTS) is 1. The van der Waals surface area contributed by atoms with E-state index in [1.54, 1.807) is 0 Å². The van der Waals surface area contributed by atoms with Crippen LogP contribution in [0.4, 0.5) is 0 Å². The molecule has 0 amide bonds. The minimum absolute atomic E-state index is 0.104. The van der Waals surface area contributed by atoms with E-state index in [4.69, 9.17) is 5.11 Å². The standard InChI is InChI=1S/C5H7N3O2S/c1-11-5-6-3(7-8-5)2-4(9)10/h2H2,1H3,(H,9,10)(H,6,7,8). The lowest BCUT2D eigenvalue weighted by molar-refractivity contribution is -0.136. The molecule has 0 fully saturated rings. The van der Waals surface area contributed by atoms with Crippen molar-refractivity contribution in [3.63, 3.8) is 0 Å². The summed E-state index contributed by atoms with van der Waals surface area (Å²) in [4.78, 5) is 14.1. The van der Waals surface area contributed by atoms with Crippen LogP contribution in [0.15, 0.2) is 5.16 Å². The summed E-state index contributed by atoms with van der Waals surface area (Å²) in [7, 11) is 0. The van der Waals surface area contributed by atoms with Gasteiger partial charge in [-0.05, 0) is 6.26 Å². The molecule has 0 unspecified atom stereocenters. The lowest BCUT2D eigenvalue weighted by Gasteiger charge is -1.84. The predicted octanol–water partition coefficient (Wildman–Crippen LogP) is 0.154. The van der Waals surface area contributed by atoms with Crippen molar-refractivity contribution in [2.75, 3.05) is 6.26 Å². The van der Waals surface area contributed by atoms with Gasteiger partial charge in [-0.3, -0.25) is 9.89 Å². The Hall–Kier alpha value is -1.04. The molecule has 5 nitrogen and oxygen atoms in total. The molecular weight excluding hydrogens is 166 g/mol. The summed E-state index contributed by atoms with van der Waals surface area (Å²) in [5.74, 6) is -0.518. The van der Waals surface area contributed by atoms with E-state index in [0.717, 1.165) is 0 Å². The van der Waals surface area contributed by atoms with E-state index in [-0.39, 0.29) is 6.42 Å². The first-order valence-corrected chi connectivity index (χ1v) is 4.12. The van der Waals surface area contributed by atoms with E-state index in [0.29, 0.717) is 11.0 Å². The zero-order valence-corrected chi connectivity index (χ0v) is 6.68. The SMILES string of the molecule is CSc1n[nH]c(CC(=O)O)n1. The molecule has 0 aliphatic heterocycles. The highest BCUT2D eigenvalue weighted by Gasteiger charge is 2.05. The van der Waals surface area contributed by atoms with Crippen LogP contribution in [0.2, 0.25) is 0 Å². The van der Waals surface area contributed by atoms with Gasteiger partial charge in [0.25, 0.3) is 0 Å². The van der Waals surface area contributed by atoms with Gasteiger partial charge in [-0.25, -0.2) is 4.98 Å². The molecule has 0 aliphatic carbocycles. The maximum Gasteiger partial charge on any atom is 0.311 e. The summed E-state index contributed by atoms with van der Waals surface area (Å²) < 4.78 is 0. The first kappa shape index (κ1) is 8.06. The first-order chi connectivity index (χ1) is 5.22. The highest BCUT2D eigenvalue weighted by Crippen LogP contribution is 2.06. The number of nitrogens with one attached hydrogen (secondary N) is 1. The number of aromatic nitrogens is 3. The maximum absolute atomic E-state index is 10.2. The van der Waals surface area contributed by atoms with Gasteiger partial charge < -0.3 is 5.11 Å². The lowest BCUT2D eigenvalue weighted by Crippen LogP contribution is -2.01. The van der Waals surface area contributed by atoms with Crippen molar-refractivity contribution in [1.29, 1.82) is 0 Å². The van der Waals surface area contributed by atoms with Gasteiger partial charge in [-0.1, -0.05) is 11.8 Å². The monoisotopic (exact) mass is 173 g/mol. The molecule has 2 N–H and O–H groups in total. The molecule has 1 aromatic rings. The highest BCUT2D eigenvalue weighted by atomic mass is 32.2. The minimum atomic E-state index is -0.909. The second-order valence-corrected chi connectivity index (χ2v) is 2.61. The lowest BCUT2D eigenvalue weighted by atomic mass is 10.4. The molecule has 0 aromatic carbocycles. The van der Waals surface area contributed by atoms with E-state index in [2.05, 4.69) is 15.2 Å². The molecule has 60 valence electrons. The molecule has 0 atom stereocenters. The molecule has 6 heteroatoms. The molecule has 0 aliphatic rings. The smallest absolute Gasteiger partial charge is 0.311 e. The Morgan fingerprint density at radius 3 is 3.00 bits per heavy atom. The number of nitrogens with zero attached hydrogens (tertiary/aromatic N) is 2. The number of aliphatic carboxylic acids is 1. The quantitative estimate of drug-likeness (QED) is 0.636. The second kappa shape index (κ2) is 3.38. The van der Waals surface area contributed by atoms with Crippen LogP contribution < -0.4 is 0 Å². The fourth-order valence-electron chi connectivity index (χ4n) is 0.591. The van der Waals surface area contributed by atoms with Crippen LogP contribution in [0, 0.1) is 0 Å². The number of hydrogen-bond donors (Lipinski definition) is 2. The van der Waals surface area contributed by atoms with Crippen LogP contribution in [0.1, 0.15) is 5.82 Å². The summed E-state index contributed by atoms with van der Waals surface area (Å²) >= 11 is 1.37. The number of carboxylic acids is 1. The zero-order chi connectivity index (χ0) is 8.27. The number of carbonyl (C=O) groups is 1. The van der Waals surface area contributed by atoms with Gasteiger partial charge in [-0.15, -0.1) is 5.10 Å². The topological polar surface area (TPSA) is 78.9 Å². The molecule has 11 heavy (non-hydrogen) atoms. The number of thioether (sulfide) groups is 1. The Morgan fingerprint density at radius 1 is 1.82 bits per heavy atom. The van der Waals surface area contributed by atoms with Crippen LogP contribution in [-0.4, -0.2) is 32.5 Å². The maximum atomic E-state index is 10.2. The largest absolute Gasteiger partial charge is 0.481 e. The van der Waals surface area contributed by atoms with Crippen molar-refractivity contribution in [2.45, 2.75) is 11.6 Å². The van der Waals surface area contributed by atoms with Crippen LogP contribution in [0.25, 0.3) is 0 Å². The normalized spacial score (nSPS) is 9.91. The van der Waals surface area contributed by atoms with Crippen molar-refractivity contribution >= 4 is 17.7 Å². The van der Waals surface area contributed by atoms with Gasteiger partial charge in [0, 0.05) is 0 Å². The van der Waals surface area contributed by atoms with Gasteiger partial charge >= 0.3 is 5.97 Å². The summed E-state index contributed by atoms with van der Waals surface area (Å²) in [5, 5.41) is 15.2. The molecule has 1 heterocycles. The van der Waals surface area contributed by atoms with Gasteiger partial charge in [0.15, 0.2) is 0 Å². The Labute approximate surface area is 67.2 Å². The number of rotatable bonds is 3. The number of hydrogen-bond acceptors (Lipinski definition) is 4. The fraction of sp³-hybridized carbons (Fsp3) is 0.400. The Bertz CT molecular complexity index is 260. The van der Waals surface area contributed by atoms with E-state index in [9.17, 15) is 4.79 Å². The molecule has 0 spiro atoms. The first-order valence-electron chi connectivity index (χ1n) is 2.89. The van der Waals surface area contributed by atoms with Gasteiger partial charge in [0.1, 0.15) is 12.2 Å². The van der Waals surface area contributed by atoms with Crippen LogP contribution in [-0.2, 0) is 11.2 Å². The molecule has 1 rings (SSSR count). The fourth-order valence-corrected chi connectivity index (χ4v) is 0.930. The summed E-state index contributed by atoms with van der Waals surface area (Å²) in [6.07, 6.45) is 1.72. The van der Waals surface area contributed by atoms with E-state index < -0.39 is 5.97 Å². The molecule has 0 bridgehead atoms. The average molecular weight is 173 g/mol. The number of H-pyrrole nitrogens is 1. The highest BCUT2D eigenvalue weighted by molar-refractivity contribution is 7.98. The van der Waals surface area contributed by atoms with Crippen LogP contribution in [0.5, 0.6) is 0 Å². The van der Waals surface area contributed by atoms with Crippen molar-refractivity contribution in [3.05, 3.63) is 5.82 Å². The molecule has 0 saturated heterocycles. The molecule has 0 radical (unpaired) electrons. The van der Waals surface area contributed by atoms with Crippen molar-refractivity contribution < 1.29 is 9.90 Å². The average Bonchev–Trinajstić information content (AvgIpc) is 2.34. The Kier molecular flexibility index (Phi) is 2.48. The van der Waals surface area contributed by atoms with Crippen molar-refractivity contribution in [1.82, 2.24) is 15.2 Å².